The number of phenols is 1. The Morgan fingerprint density at radius 3 is 1.86 bits per heavy atom. The van der Waals surface area contributed by atoms with E-state index in [-0.39, 0.29) is 45.9 Å². The Morgan fingerprint density at radius 2 is 1.41 bits per heavy atom. The highest BCUT2D eigenvalue weighted by molar-refractivity contribution is 8.93. The van der Waals surface area contributed by atoms with E-state index in [1.54, 1.807) is 0 Å². The fraction of sp³-hybridized carbons (Fsp3) is 0.548. The van der Waals surface area contributed by atoms with Crippen LogP contribution in [0.15, 0.2) is 36.4 Å². The Balaban J connectivity index is 0.00000481. The van der Waals surface area contributed by atoms with Crippen LogP contribution in [0, 0.1) is 11.3 Å². The molecule has 0 saturated carbocycles. The van der Waals surface area contributed by atoms with E-state index >= 15 is 0 Å². The summed E-state index contributed by atoms with van der Waals surface area (Å²) in [6, 6.07) is 11.7. The number of imidazole rings is 1. The number of phenolic OH excluding ortho intramolecular Hbond substituents is 1. The first kappa shape index (κ1) is 30.9. The molecular weight excluding hydrogens is 526 g/mol. The quantitative estimate of drug-likeness (QED) is 0.256. The Kier molecular flexibility index (Phi) is 10.0. The maximum Gasteiger partial charge on any atom is 0.203 e. The van der Waals surface area contributed by atoms with Gasteiger partial charge in [-0.3, -0.25) is 10.2 Å². The van der Waals surface area contributed by atoms with Crippen molar-refractivity contribution in [3.05, 3.63) is 58.7 Å². The van der Waals surface area contributed by atoms with Gasteiger partial charge < -0.3 is 14.2 Å². The minimum absolute atomic E-state index is 0. The second-order valence-electron chi connectivity index (χ2n) is 12.2. The molecule has 3 aromatic rings. The molecule has 0 spiro atoms. The molecule has 0 radical (unpaired) electrons. The van der Waals surface area contributed by atoms with E-state index in [1.165, 1.54) is 12.8 Å². The van der Waals surface area contributed by atoms with Gasteiger partial charge >= 0.3 is 0 Å². The molecule has 0 unspecified atom stereocenters. The average molecular weight is 573 g/mol. The van der Waals surface area contributed by atoms with Crippen molar-refractivity contribution >= 4 is 33.8 Å². The van der Waals surface area contributed by atoms with E-state index in [1.807, 2.05) is 45.5 Å². The van der Waals surface area contributed by atoms with Crippen LogP contribution in [0.2, 0.25) is 0 Å². The van der Waals surface area contributed by atoms with Gasteiger partial charge in [-0.2, -0.15) is 0 Å². The van der Waals surface area contributed by atoms with Crippen LogP contribution < -0.4 is 5.62 Å². The van der Waals surface area contributed by atoms with Crippen molar-refractivity contribution in [3.8, 4) is 5.75 Å². The first-order valence-electron chi connectivity index (χ1n) is 13.4. The molecule has 1 aromatic heterocycles. The molecule has 0 bridgehead atoms. The van der Waals surface area contributed by atoms with Crippen molar-refractivity contribution in [1.29, 1.82) is 5.41 Å². The first-order chi connectivity index (χ1) is 16.8. The lowest BCUT2D eigenvalue weighted by Crippen LogP contribution is -2.28. The fourth-order valence-corrected chi connectivity index (χ4v) is 5.09. The summed E-state index contributed by atoms with van der Waals surface area (Å²) in [6.45, 7) is 17.7. The topological polar surface area (TPSA) is 71.0 Å². The number of hydrogen-bond donors (Lipinski definition) is 2. The van der Waals surface area contributed by atoms with Crippen LogP contribution in [0.4, 0.5) is 0 Å². The highest BCUT2D eigenvalue weighted by atomic mass is 79.9. The number of hydrogen-bond acceptors (Lipinski definition) is 3. The van der Waals surface area contributed by atoms with Gasteiger partial charge in [0.2, 0.25) is 5.62 Å². The van der Waals surface area contributed by atoms with Crippen LogP contribution in [0.5, 0.6) is 5.75 Å². The zero-order valence-corrected chi connectivity index (χ0v) is 25.7. The first-order valence-corrected chi connectivity index (χ1v) is 13.4. The van der Waals surface area contributed by atoms with Crippen molar-refractivity contribution in [1.82, 2.24) is 9.13 Å². The molecule has 204 valence electrons. The van der Waals surface area contributed by atoms with Crippen molar-refractivity contribution in [2.75, 3.05) is 0 Å². The monoisotopic (exact) mass is 571 g/mol. The number of aryl methyl sites for hydroxylation is 1. The van der Waals surface area contributed by atoms with Gasteiger partial charge in [-0.05, 0) is 53.9 Å². The van der Waals surface area contributed by atoms with Gasteiger partial charge in [0.15, 0.2) is 5.78 Å². The van der Waals surface area contributed by atoms with E-state index in [9.17, 15) is 9.90 Å². The van der Waals surface area contributed by atoms with Gasteiger partial charge in [0, 0.05) is 23.2 Å². The van der Waals surface area contributed by atoms with E-state index in [0.29, 0.717) is 11.2 Å². The third-order valence-electron chi connectivity index (χ3n) is 7.47. The normalized spacial score (nSPS) is 12.2. The molecule has 37 heavy (non-hydrogen) atoms. The predicted octanol–water partition coefficient (Wildman–Crippen LogP) is 7.90. The molecule has 6 heteroatoms. The zero-order chi connectivity index (χ0) is 26.8. The highest BCUT2D eigenvalue weighted by Crippen LogP contribution is 2.40. The second kappa shape index (κ2) is 12.0. The summed E-state index contributed by atoms with van der Waals surface area (Å²) in [5.41, 5.74) is 3.79. The number of carbonyl (C=O) groups excluding carboxylic acids is 1. The van der Waals surface area contributed by atoms with Gasteiger partial charge in [-0.1, -0.05) is 80.4 Å². The number of nitrogens with zero attached hydrogens (tertiary/aromatic N) is 2. The highest BCUT2D eigenvalue weighted by Gasteiger charge is 2.28. The number of benzene rings is 2. The van der Waals surface area contributed by atoms with Crippen LogP contribution in [0.25, 0.3) is 11.0 Å². The molecule has 0 atom stereocenters. The van der Waals surface area contributed by atoms with Gasteiger partial charge in [0.1, 0.15) is 5.75 Å². The number of aromatic hydroxyl groups is 1. The molecule has 5 nitrogen and oxygen atoms in total. The molecule has 2 N–H and O–H groups in total. The summed E-state index contributed by atoms with van der Waals surface area (Å²) in [6.07, 6.45) is 4.54. The number of Topliss-reactive ketones (excluding diaryl/α,β-unsaturated/α-hetero) is 1. The molecule has 0 aliphatic heterocycles. The number of ketones is 1. The largest absolute Gasteiger partial charge is 0.507 e. The summed E-state index contributed by atoms with van der Waals surface area (Å²) in [7, 11) is 0. The van der Waals surface area contributed by atoms with E-state index in [4.69, 9.17) is 5.41 Å². The van der Waals surface area contributed by atoms with Gasteiger partial charge in [-0.15, -0.1) is 17.0 Å². The van der Waals surface area contributed by atoms with E-state index in [2.05, 4.69) is 55.4 Å². The van der Waals surface area contributed by atoms with Crippen molar-refractivity contribution in [2.45, 2.75) is 105 Å². The summed E-state index contributed by atoms with van der Waals surface area (Å²) in [5.74, 6) is 0.942. The minimum atomic E-state index is -0.307. The molecule has 0 fully saturated rings. The number of halogens is 1. The Morgan fingerprint density at radius 1 is 0.919 bits per heavy atom. The number of carbonyl (C=O) groups is 1. The maximum atomic E-state index is 13.7. The third-order valence-corrected chi connectivity index (χ3v) is 7.47. The van der Waals surface area contributed by atoms with Crippen LogP contribution in [0.3, 0.4) is 0 Å². The standard InChI is InChI=1S/C31H45N3O2.BrH/c1-9-21(10-2)14-13-17-33-25-15-11-12-16-26(25)34(29(33)32)20-27(35)22-18-23(30(3,4)5)28(36)24(19-22)31(6,7)8;/h11-12,15-16,18-19,21,32,36H,9-10,13-14,17,20H2,1-8H3;1H. The Hall–Kier alpha value is -2.34. The minimum Gasteiger partial charge on any atom is -0.507 e. The smallest absolute Gasteiger partial charge is 0.203 e. The Bertz CT molecular complexity index is 1250. The number of aromatic nitrogens is 2. The molecule has 3 rings (SSSR count). The lowest BCUT2D eigenvalue weighted by Gasteiger charge is -2.28. The maximum absolute atomic E-state index is 13.7. The molecule has 0 aliphatic rings. The van der Waals surface area contributed by atoms with Crippen molar-refractivity contribution in [2.24, 2.45) is 5.92 Å². The lowest BCUT2D eigenvalue weighted by molar-refractivity contribution is 0.0971. The summed E-state index contributed by atoms with van der Waals surface area (Å²) in [4.78, 5) is 13.7. The summed E-state index contributed by atoms with van der Waals surface area (Å²) < 4.78 is 3.87. The Labute approximate surface area is 233 Å². The average Bonchev–Trinajstić information content (AvgIpc) is 3.06. The van der Waals surface area contributed by atoms with Gasteiger partial charge in [0.05, 0.1) is 17.6 Å². The van der Waals surface area contributed by atoms with Crippen molar-refractivity contribution < 1.29 is 9.90 Å². The van der Waals surface area contributed by atoms with Gasteiger partial charge in [-0.25, -0.2) is 0 Å². The van der Waals surface area contributed by atoms with Crippen LogP contribution in [0.1, 0.15) is 103 Å². The molecule has 1 heterocycles. The second-order valence-corrected chi connectivity index (χ2v) is 12.2. The van der Waals surface area contributed by atoms with Crippen LogP contribution in [-0.2, 0) is 23.9 Å². The van der Waals surface area contributed by atoms with Crippen LogP contribution in [-0.4, -0.2) is 20.0 Å². The van der Waals surface area contributed by atoms with Crippen LogP contribution >= 0.6 is 17.0 Å². The van der Waals surface area contributed by atoms with E-state index in [0.717, 1.165) is 47.5 Å². The SMILES string of the molecule is Br.CCC(CC)CCCn1c(=N)n(CC(=O)c2cc(C(C)(C)C)c(O)c(C(C)(C)C)c2)c2ccccc21. The lowest BCUT2D eigenvalue weighted by atomic mass is 9.78. The number of fused-ring (bicyclic) bond motifs is 1. The predicted molar refractivity (Wildman–Crippen MR) is 159 cm³/mol. The molecular formula is C31H46BrN3O2. The molecule has 0 saturated heterocycles. The molecule has 0 amide bonds. The number of para-hydroxylation sites is 2. The summed E-state index contributed by atoms with van der Waals surface area (Å²) >= 11 is 0. The molecule has 2 aromatic carbocycles. The van der Waals surface area contributed by atoms with Crippen molar-refractivity contribution in [3.63, 3.8) is 0 Å². The number of nitrogens with one attached hydrogen (secondary N) is 1. The third kappa shape index (κ3) is 6.76. The fourth-order valence-electron chi connectivity index (χ4n) is 5.09. The summed E-state index contributed by atoms with van der Waals surface area (Å²) in [5, 5.41) is 20.0. The number of rotatable bonds is 9. The van der Waals surface area contributed by atoms with Gasteiger partial charge in [0.25, 0.3) is 0 Å². The molecule has 0 aliphatic carbocycles. The zero-order valence-electron chi connectivity index (χ0n) is 23.9. The van der Waals surface area contributed by atoms with E-state index < -0.39 is 0 Å².